The lowest BCUT2D eigenvalue weighted by molar-refractivity contribution is -0.136. The van der Waals surface area contributed by atoms with Crippen molar-refractivity contribution in [3.63, 3.8) is 0 Å². The number of aliphatic carboxylic acids is 1. The smallest absolute Gasteiger partial charge is 0.305 e. The zero-order chi connectivity index (χ0) is 12.4. The fraction of sp³-hybridized carbons (Fsp3) is 0.417. The maximum Gasteiger partial charge on any atom is 0.305 e. The van der Waals surface area contributed by atoms with Gasteiger partial charge < -0.3 is 14.7 Å². The zero-order valence-electron chi connectivity index (χ0n) is 9.52. The van der Waals surface area contributed by atoms with Crippen LogP contribution < -0.4 is 9.64 Å². The van der Waals surface area contributed by atoms with Crippen molar-refractivity contribution >= 4 is 11.7 Å². The monoisotopic (exact) mass is 239 g/mol. The van der Waals surface area contributed by atoms with Crippen LogP contribution in [0.4, 0.5) is 10.1 Å². The maximum atomic E-state index is 13.2. The summed E-state index contributed by atoms with van der Waals surface area (Å²) in [6.07, 6.45) is 0.00428. The molecule has 1 aliphatic rings. The number of carboxylic acids is 1. The summed E-state index contributed by atoms with van der Waals surface area (Å²) in [5.41, 5.74) is 0.629. The molecule has 0 saturated carbocycles. The van der Waals surface area contributed by atoms with Crippen LogP contribution >= 0.6 is 0 Å². The molecule has 17 heavy (non-hydrogen) atoms. The Kier molecular flexibility index (Phi) is 3.17. The van der Waals surface area contributed by atoms with Crippen molar-refractivity contribution in [2.75, 3.05) is 18.0 Å². The van der Waals surface area contributed by atoms with Crippen molar-refractivity contribution in [2.45, 2.75) is 19.4 Å². The van der Waals surface area contributed by atoms with Gasteiger partial charge in [0.15, 0.2) is 0 Å². The van der Waals surface area contributed by atoms with Crippen LogP contribution in [0.1, 0.15) is 13.3 Å². The number of carbonyl (C=O) groups is 1. The first-order chi connectivity index (χ1) is 8.06. The van der Waals surface area contributed by atoms with E-state index in [1.807, 2.05) is 11.8 Å². The van der Waals surface area contributed by atoms with E-state index in [4.69, 9.17) is 9.84 Å². The van der Waals surface area contributed by atoms with Crippen molar-refractivity contribution in [3.05, 3.63) is 24.0 Å². The van der Waals surface area contributed by atoms with Gasteiger partial charge in [0, 0.05) is 12.6 Å². The summed E-state index contributed by atoms with van der Waals surface area (Å²) in [5, 5.41) is 8.68. The van der Waals surface area contributed by atoms with E-state index in [0.29, 0.717) is 24.5 Å². The topological polar surface area (TPSA) is 49.8 Å². The highest BCUT2D eigenvalue weighted by molar-refractivity contribution is 5.68. The first-order valence-corrected chi connectivity index (χ1v) is 5.49. The van der Waals surface area contributed by atoms with Gasteiger partial charge in [0.1, 0.15) is 17.7 Å². The van der Waals surface area contributed by atoms with E-state index in [1.165, 1.54) is 12.1 Å². The van der Waals surface area contributed by atoms with Crippen LogP contribution in [0, 0.1) is 5.82 Å². The van der Waals surface area contributed by atoms with Crippen LogP contribution in [-0.4, -0.2) is 30.3 Å². The molecule has 1 atom stereocenters. The number of carboxylic acid groups (broad SMARTS) is 1. The molecule has 2 rings (SSSR count). The van der Waals surface area contributed by atoms with E-state index in [2.05, 4.69) is 0 Å². The largest absolute Gasteiger partial charge is 0.487 e. The molecule has 5 heteroatoms. The molecule has 0 aliphatic carbocycles. The Labute approximate surface area is 98.6 Å². The summed E-state index contributed by atoms with van der Waals surface area (Å²) in [5.74, 6) is -0.597. The minimum atomic E-state index is -0.859. The molecule has 1 aromatic rings. The van der Waals surface area contributed by atoms with E-state index in [-0.39, 0.29) is 18.3 Å². The highest BCUT2D eigenvalue weighted by Gasteiger charge is 2.23. The predicted octanol–water partition coefficient (Wildman–Crippen LogP) is 1.89. The average molecular weight is 239 g/mol. The van der Waals surface area contributed by atoms with Crippen molar-refractivity contribution in [1.82, 2.24) is 0 Å². The van der Waals surface area contributed by atoms with Gasteiger partial charge in [-0.3, -0.25) is 4.79 Å². The Bertz CT molecular complexity index is 436. The minimum Gasteiger partial charge on any atom is -0.487 e. The van der Waals surface area contributed by atoms with Crippen LogP contribution in [0.2, 0.25) is 0 Å². The molecule has 1 aromatic carbocycles. The van der Waals surface area contributed by atoms with Crippen LogP contribution in [-0.2, 0) is 4.79 Å². The number of hydrogen-bond acceptors (Lipinski definition) is 3. The summed E-state index contributed by atoms with van der Waals surface area (Å²) in [7, 11) is 0. The summed E-state index contributed by atoms with van der Waals surface area (Å²) in [6.45, 7) is 2.84. The van der Waals surface area contributed by atoms with Crippen molar-refractivity contribution in [1.29, 1.82) is 0 Å². The Balaban J connectivity index is 2.23. The van der Waals surface area contributed by atoms with Gasteiger partial charge in [-0.15, -0.1) is 0 Å². The molecular formula is C12H14FNO3. The normalized spacial score (nSPS) is 18.5. The third-order valence-corrected chi connectivity index (χ3v) is 2.66. The molecule has 1 N–H and O–H groups in total. The third-order valence-electron chi connectivity index (χ3n) is 2.66. The molecule has 0 spiro atoms. The van der Waals surface area contributed by atoms with Gasteiger partial charge >= 0.3 is 5.97 Å². The number of anilines is 1. The highest BCUT2D eigenvalue weighted by atomic mass is 19.1. The number of hydrogen-bond donors (Lipinski definition) is 1. The molecule has 0 amide bonds. The zero-order valence-corrected chi connectivity index (χ0v) is 9.52. The van der Waals surface area contributed by atoms with Gasteiger partial charge in [0.05, 0.1) is 18.7 Å². The quantitative estimate of drug-likeness (QED) is 0.875. The molecule has 4 nitrogen and oxygen atoms in total. The van der Waals surface area contributed by atoms with E-state index in [0.717, 1.165) is 0 Å². The van der Waals surface area contributed by atoms with Gasteiger partial charge in [0.25, 0.3) is 0 Å². The van der Waals surface area contributed by atoms with E-state index >= 15 is 0 Å². The molecule has 0 fully saturated rings. The molecule has 0 aromatic heterocycles. The van der Waals surface area contributed by atoms with Crippen molar-refractivity contribution in [2.24, 2.45) is 0 Å². The average Bonchev–Trinajstić information content (AvgIpc) is 2.26. The second-order valence-electron chi connectivity index (χ2n) is 4.13. The Hall–Kier alpha value is -1.78. The lowest BCUT2D eigenvalue weighted by Gasteiger charge is -2.34. The number of benzene rings is 1. The number of fused-ring (bicyclic) bond motifs is 1. The predicted molar refractivity (Wildman–Crippen MR) is 61.0 cm³/mol. The number of halogens is 1. The number of ether oxygens (including phenoxy) is 1. The molecule has 0 saturated heterocycles. The molecular weight excluding hydrogens is 225 g/mol. The van der Waals surface area contributed by atoms with Gasteiger partial charge in [-0.1, -0.05) is 0 Å². The van der Waals surface area contributed by atoms with Gasteiger partial charge in [-0.05, 0) is 19.1 Å². The lowest BCUT2D eigenvalue weighted by Crippen LogP contribution is -2.39. The van der Waals surface area contributed by atoms with Crippen LogP contribution in [0.25, 0.3) is 0 Å². The molecule has 0 radical (unpaired) electrons. The fourth-order valence-electron chi connectivity index (χ4n) is 1.94. The summed E-state index contributed by atoms with van der Waals surface area (Å²) in [4.78, 5) is 12.4. The molecule has 1 unspecified atom stereocenters. The SMILES string of the molecule is CC1CN(CCC(=O)O)c2cc(F)ccc2O1. The van der Waals surface area contributed by atoms with Crippen LogP contribution in [0.15, 0.2) is 18.2 Å². The maximum absolute atomic E-state index is 13.2. The number of rotatable bonds is 3. The standard InChI is InChI=1S/C12H14FNO3/c1-8-7-14(5-4-12(15)16)10-6-9(13)2-3-11(10)17-8/h2-3,6,8H,4-5,7H2,1H3,(H,15,16). The summed E-state index contributed by atoms with van der Waals surface area (Å²) in [6, 6.07) is 4.30. The first kappa shape index (κ1) is 11.7. The fourth-order valence-corrected chi connectivity index (χ4v) is 1.94. The van der Waals surface area contributed by atoms with Crippen LogP contribution in [0.3, 0.4) is 0 Å². The van der Waals surface area contributed by atoms with Crippen molar-refractivity contribution < 1.29 is 19.0 Å². The Morgan fingerprint density at radius 1 is 1.65 bits per heavy atom. The molecule has 0 bridgehead atoms. The van der Waals surface area contributed by atoms with Gasteiger partial charge in [-0.25, -0.2) is 4.39 Å². The van der Waals surface area contributed by atoms with Crippen molar-refractivity contribution in [3.8, 4) is 5.75 Å². The summed E-state index contributed by atoms with van der Waals surface area (Å²) < 4.78 is 18.7. The van der Waals surface area contributed by atoms with E-state index in [9.17, 15) is 9.18 Å². The molecule has 1 aliphatic heterocycles. The number of nitrogens with zero attached hydrogens (tertiary/aromatic N) is 1. The van der Waals surface area contributed by atoms with E-state index < -0.39 is 5.97 Å². The van der Waals surface area contributed by atoms with Gasteiger partial charge in [-0.2, -0.15) is 0 Å². The Morgan fingerprint density at radius 3 is 3.12 bits per heavy atom. The third kappa shape index (κ3) is 2.67. The van der Waals surface area contributed by atoms with Gasteiger partial charge in [0.2, 0.25) is 0 Å². The second-order valence-corrected chi connectivity index (χ2v) is 4.13. The highest BCUT2D eigenvalue weighted by Crippen LogP contribution is 2.33. The summed E-state index contributed by atoms with van der Waals surface area (Å²) >= 11 is 0. The first-order valence-electron chi connectivity index (χ1n) is 5.49. The minimum absolute atomic E-state index is 0.0262. The van der Waals surface area contributed by atoms with E-state index in [1.54, 1.807) is 6.07 Å². The van der Waals surface area contributed by atoms with Crippen LogP contribution in [0.5, 0.6) is 5.75 Å². The Morgan fingerprint density at radius 2 is 2.41 bits per heavy atom. The second kappa shape index (κ2) is 4.61. The lowest BCUT2D eigenvalue weighted by atomic mass is 10.2. The molecule has 1 heterocycles. The molecule has 92 valence electrons.